The molecule has 0 bridgehead atoms. The number of nitrogens with zero attached hydrogens (tertiary/aromatic N) is 1. The summed E-state index contributed by atoms with van der Waals surface area (Å²) in [6.45, 7) is 6.16. The molecule has 2 amide bonds. The first-order valence-electron chi connectivity index (χ1n) is 7.20. The summed E-state index contributed by atoms with van der Waals surface area (Å²) in [7, 11) is 0. The normalized spacial score (nSPS) is 13.6. The monoisotopic (exact) mass is 288 g/mol. The van der Waals surface area contributed by atoms with Crippen molar-refractivity contribution in [3.63, 3.8) is 0 Å². The maximum atomic E-state index is 12.1. The molecule has 1 aliphatic heterocycles. The lowest BCUT2D eigenvalue weighted by molar-refractivity contribution is -0.122. The number of unbranched alkanes of at least 4 members (excludes halogenated alkanes) is 1. The summed E-state index contributed by atoms with van der Waals surface area (Å²) in [5.41, 5.74) is 2.61. The molecule has 1 N–H and O–H groups in total. The third kappa shape index (κ3) is 2.82. The maximum Gasteiger partial charge on any atom is 0.299 e. The SMILES string of the molecule is CCCCNC(=O)CN1C(=O)C(=O)c2c(C)ccc(C)c21. The van der Waals surface area contributed by atoms with E-state index in [4.69, 9.17) is 0 Å². The second kappa shape index (κ2) is 6.08. The molecule has 0 aliphatic carbocycles. The Morgan fingerprint density at radius 1 is 1.19 bits per heavy atom. The number of amides is 2. The number of carbonyl (C=O) groups excluding carboxylic acids is 3. The molecule has 0 saturated carbocycles. The van der Waals surface area contributed by atoms with Crippen LogP contribution in [0.25, 0.3) is 0 Å². The van der Waals surface area contributed by atoms with Crippen LogP contribution in [0.4, 0.5) is 5.69 Å². The second-order valence-electron chi connectivity index (χ2n) is 5.35. The molecule has 21 heavy (non-hydrogen) atoms. The van der Waals surface area contributed by atoms with E-state index in [-0.39, 0.29) is 12.5 Å². The van der Waals surface area contributed by atoms with Crippen LogP contribution in [0.5, 0.6) is 0 Å². The van der Waals surface area contributed by atoms with Crippen LogP contribution in [0, 0.1) is 13.8 Å². The highest BCUT2D eigenvalue weighted by molar-refractivity contribution is 6.53. The second-order valence-corrected chi connectivity index (χ2v) is 5.35. The molecular weight excluding hydrogens is 268 g/mol. The topological polar surface area (TPSA) is 66.5 Å². The summed E-state index contributed by atoms with van der Waals surface area (Å²) < 4.78 is 0. The zero-order valence-electron chi connectivity index (χ0n) is 12.7. The number of aryl methyl sites for hydroxylation is 2. The first-order chi connectivity index (χ1) is 9.97. The van der Waals surface area contributed by atoms with E-state index in [9.17, 15) is 14.4 Å². The Kier molecular flexibility index (Phi) is 4.40. The van der Waals surface area contributed by atoms with Gasteiger partial charge in [0.2, 0.25) is 5.91 Å². The number of anilines is 1. The minimum absolute atomic E-state index is 0.106. The molecule has 0 saturated heterocycles. The van der Waals surface area contributed by atoms with Gasteiger partial charge >= 0.3 is 0 Å². The molecule has 0 unspecified atom stereocenters. The highest BCUT2D eigenvalue weighted by Crippen LogP contribution is 2.34. The van der Waals surface area contributed by atoms with Gasteiger partial charge in [0.25, 0.3) is 11.7 Å². The van der Waals surface area contributed by atoms with Crippen molar-refractivity contribution >= 4 is 23.3 Å². The Bertz CT molecular complexity index is 608. The van der Waals surface area contributed by atoms with Gasteiger partial charge in [-0.2, -0.15) is 0 Å². The molecule has 5 nitrogen and oxygen atoms in total. The van der Waals surface area contributed by atoms with Crippen molar-refractivity contribution in [1.82, 2.24) is 5.32 Å². The van der Waals surface area contributed by atoms with E-state index >= 15 is 0 Å². The molecular formula is C16H20N2O3. The van der Waals surface area contributed by atoms with E-state index in [1.54, 1.807) is 6.92 Å². The van der Waals surface area contributed by atoms with Gasteiger partial charge in [-0.15, -0.1) is 0 Å². The van der Waals surface area contributed by atoms with E-state index in [0.29, 0.717) is 17.8 Å². The molecule has 0 radical (unpaired) electrons. The van der Waals surface area contributed by atoms with Crippen LogP contribution in [0.3, 0.4) is 0 Å². The van der Waals surface area contributed by atoms with Crippen molar-refractivity contribution < 1.29 is 14.4 Å². The van der Waals surface area contributed by atoms with Gasteiger partial charge in [0.15, 0.2) is 0 Å². The van der Waals surface area contributed by atoms with Crippen LogP contribution in [-0.4, -0.2) is 30.7 Å². The van der Waals surface area contributed by atoms with E-state index < -0.39 is 11.7 Å². The average molecular weight is 288 g/mol. The van der Waals surface area contributed by atoms with Crippen LogP contribution in [0.1, 0.15) is 41.3 Å². The molecule has 0 aromatic heterocycles. The van der Waals surface area contributed by atoms with Gasteiger partial charge in [-0.05, 0) is 31.4 Å². The maximum absolute atomic E-state index is 12.1. The number of Topliss-reactive ketones (excluding diaryl/α,β-unsaturated/α-hetero) is 1. The van der Waals surface area contributed by atoms with Crippen molar-refractivity contribution in [3.8, 4) is 0 Å². The summed E-state index contributed by atoms with van der Waals surface area (Å²) in [6.07, 6.45) is 1.88. The van der Waals surface area contributed by atoms with Crippen LogP contribution in [0.15, 0.2) is 12.1 Å². The lowest BCUT2D eigenvalue weighted by Crippen LogP contribution is -2.40. The fraction of sp³-hybridized carbons (Fsp3) is 0.438. The molecule has 1 aliphatic rings. The molecule has 2 rings (SSSR count). The quantitative estimate of drug-likeness (QED) is 0.663. The molecule has 112 valence electrons. The third-order valence-corrected chi connectivity index (χ3v) is 3.68. The number of fused-ring (bicyclic) bond motifs is 1. The number of nitrogens with one attached hydrogen (secondary N) is 1. The number of hydrogen-bond acceptors (Lipinski definition) is 3. The largest absolute Gasteiger partial charge is 0.355 e. The van der Waals surface area contributed by atoms with Gasteiger partial charge in [-0.3, -0.25) is 19.3 Å². The Balaban J connectivity index is 2.23. The van der Waals surface area contributed by atoms with E-state index in [0.717, 1.165) is 24.0 Å². The van der Waals surface area contributed by atoms with Crippen molar-refractivity contribution in [2.45, 2.75) is 33.6 Å². The molecule has 0 spiro atoms. The van der Waals surface area contributed by atoms with Gasteiger partial charge < -0.3 is 5.32 Å². The highest BCUT2D eigenvalue weighted by Gasteiger charge is 2.38. The lowest BCUT2D eigenvalue weighted by Gasteiger charge is -2.18. The molecule has 1 aromatic rings. The van der Waals surface area contributed by atoms with Crippen molar-refractivity contribution in [2.75, 3.05) is 18.0 Å². The van der Waals surface area contributed by atoms with Crippen molar-refractivity contribution in [2.24, 2.45) is 0 Å². The van der Waals surface area contributed by atoms with Crippen LogP contribution >= 0.6 is 0 Å². The molecule has 5 heteroatoms. The standard InChI is InChI=1S/C16H20N2O3/c1-4-5-8-17-12(19)9-18-14-11(3)7-6-10(2)13(14)15(20)16(18)21/h6-7H,4-5,8-9H2,1-3H3,(H,17,19). The minimum Gasteiger partial charge on any atom is -0.355 e. The average Bonchev–Trinajstić information content (AvgIpc) is 2.69. The number of hydrogen-bond donors (Lipinski definition) is 1. The zero-order valence-corrected chi connectivity index (χ0v) is 12.7. The van der Waals surface area contributed by atoms with Crippen LogP contribution < -0.4 is 10.2 Å². The Morgan fingerprint density at radius 2 is 1.86 bits per heavy atom. The third-order valence-electron chi connectivity index (χ3n) is 3.68. The van der Waals surface area contributed by atoms with Gasteiger partial charge in [-0.25, -0.2) is 0 Å². The summed E-state index contributed by atoms with van der Waals surface area (Å²) in [6, 6.07) is 3.69. The number of rotatable bonds is 5. The Labute approximate surface area is 124 Å². The molecule has 1 aromatic carbocycles. The van der Waals surface area contributed by atoms with Gasteiger partial charge in [0, 0.05) is 6.54 Å². The van der Waals surface area contributed by atoms with Gasteiger partial charge in [0.05, 0.1) is 11.3 Å². The predicted octanol–water partition coefficient (Wildman–Crippen LogP) is 1.75. The van der Waals surface area contributed by atoms with E-state index in [2.05, 4.69) is 5.32 Å². The summed E-state index contributed by atoms with van der Waals surface area (Å²) in [5.74, 6) is -1.38. The fourth-order valence-electron chi connectivity index (χ4n) is 2.52. The Hall–Kier alpha value is -2.17. The summed E-state index contributed by atoms with van der Waals surface area (Å²) in [5, 5.41) is 2.77. The summed E-state index contributed by atoms with van der Waals surface area (Å²) in [4.78, 5) is 37.4. The number of benzene rings is 1. The molecule has 0 atom stereocenters. The lowest BCUT2D eigenvalue weighted by atomic mass is 10.0. The minimum atomic E-state index is -0.618. The highest BCUT2D eigenvalue weighted by atomic mass is 16.2. The van der Waals surface area contributed by atoms with Crippen molar-refractivity contribution in [3.05, 3.63) is 28.8 Å². The van der Waals surface area contributed by atoms with Crippen molar-refractivity contribution in [1.29, 1.82) is 0 Å². The number of ketones is 1. The smallest absolute Gasteiger partial charge is 0.299 e. The Morgan fingerprint density at radius 3 is 2.52 bits per heavy atom. The van der Waals surface area contributed by atoms with E-state index in [1.165, 1.54) is 4.90 Å². The fourth-order valence-corrected chi connectivity index (χ4v) is 2.52. The van der Waals surface area contributed by atoms with E-state index in [1.807, 2.05) is 26.0 Å². The first-order valence-corrected chi connectivity index (χ1v) is 7.20. The van der Waals surface area contributed by atoms with Gasteiger partial charge in [0.1, 0.15) is 6.54 Å². The molecule has 0 fully saturated rings. The van der Waals surface area contributed by atoms with Crippen LogP contribution in [-0.2, 0) is 9.59 Å². The molecule has 1 heterocycles. The zero-order chi connectivity index (χ0) is 15.6. The van der Waals surface area contributed by atoms with Gasteiger partial charge in [-0.1, -0.05) is 25.5 Å². The van der Waals surface area contributed by atoms with Crippen LogP contribution in [0.2, 0.25) is 0 Å². The summed E-state index contributed by atoms with van der Waals surface area (Å²) >= 11 is 0. The number of carbonyl (C=O) groups is 3. The first kappa shape index (κ1) is 15.2. The predicted molar refractivity (Wildman–Crippen MR) is 80.5 cm³/mol.